The summed E-state index contributed by atoms with van der Waals surface area (Å²) in [6, 6.07) is 13.6. The molecule has 6 nitrogen and oxygen atoms in total. The van der Waals surface area contributed by atoms with Crippen molar-refractivity contribution in [3.05, 3.63) is 53.7 Å². The average molecular weight is 538 g/mol. The van der Waals surface area contributed by atoms with E-state index in [4.69, 9.17) is 9.31 Å². The number of fused-ring (bicyclic) bond motifs is 1. The van der Waals surface area contributed by atoms with Crippen LogP contribution in [-0.2, 0) is 27.1 Å². The van der Waals surface area contributed by atoms with Gasteiger partial charge in [-0.05, 0) is 70.8 Å². The fourth-order valence-corrected chi connectivity index (χ4v) is 5.76. The van der Waals surface area contributed by atoms with E-state index in [1.807, 2.05) is 45.9 Å². The van der Waals surface area contributed by atoms with Gasteiger partial charge in [0.25, 0.3) is 0 Å². The highest BCUT2D eigenvalue weighted by Crippen LogP contribution is 2.44. The third kappa shape index (κ3) is 5.63. The van der Waals surface area contributed by atoms with E-state index in [2.05, 4.69) is 37.5 Å². The number of aromatic hydroxyl groups is 1. The van der Waals surface area contributed by atoms with Gasteiger partial charge in [-0.3, -0.25) is 4.79 Å². The second-order valence-electron chi connectivity index (χ2n) is 13.0. The lowest BCUT2D eigenvalue weighted by Crippen LogP contribution is -2.41. The van der Waals surface area contributed by atoms with Crippen LogP contribution < -0.4 is 5.46 Å². The number of hydrogen-bond donors (Lipinski definition) is 2. The summed E-state index contributed by atoms with van der Waals surface area (Å²) in [6.07, 6.45) is 0.363. The molecule has 0 atom stereocenters. The molecular weight excluding hydrogens is 497 g/mol. The zero-order chi connectivity index (χ0) is 28.3. The Morgan fingerprint density at radius 2 is 1.55 bits per heavy atom. The number of phenols is 1. The summed E-state index contributed by atoms with van der Waals surface area (Å²) in [4.78, 5) is 13.2. The quantitative estimate of drug-likeness (QED) is 0.274. The fraction of sp³-hybridized carbons (Fsp3) is 0.500. The summed E-state index contributed by atoms with van der Waals surface area (Å²) < 4.78 is 14.5. The number of aromatic nitrogens is 1. The monoisotopic (exact) mass is 537 g/mol. The number of thioether (sulfide) groups is 1. The molecule has 38 heavy (non-hydrogen) atoms. The number of aliphatic carboxylic acids is 1. The molecule has 1 aliphatic heterocycles. The van der Waals surface area contributed by atoms with Gasteiger partial charge in [0.05, 0.1) is 16.6 Å². The van der Waals surface area contributed by atoms with E-state index in [0.29, 0.717) is 13.0 Å². The van der Waals surface area contributed by atoms with E-state index in [1.54, 1.807) is 37.7 Å². The number of nitrogens with zero attached hydrogens (tertiary/aromatic N) is 1. The summed E-state index contributed by atoms with van der Waals surface area (Å²) >= 11 is 1.71. The van der Waals surface area contributed by atoms with Gasteiger partial charge in [0.2, 0.25) is 0 Å². The number of hydrogen-bond acceptors (Lipinski definition) is 5. The zero-order valence-electron chi connectivity index (χ0n) is 24.0. The Morgan fingerprint density at radius 3 is 2.08 bits per heavy atom. The van der Waals surface area contributed by atoms with E-state index in [9.17, 15) is 15.0 Å². The molecule has 0 radical (unpaired) electrons. The molecule has 1 fully saturated rings. The number of phenolic OH excluding ortho intramolecular Hbond substituents is 1. The molecule has 1 aromatic heterocycles. The SMILES string of the molecule is CC(C)(C)Sc1c(CC(C)(C)C(=O)O)n(Cc2ccc(B3OC(C)(C)C(C)(C)O3)cc2)c2ccc(O)cc12. The summed E-state index contributed by atoms with van der Waals surface area (Å²) in [5.41, 5.74) is 2.22. The van der Waals surface area contributed by atoms with Crippen molar-refractivity contribution >= 4 is 41.2 Å². The van der Waals surface area contributed by atoms with Crippen molar-refractivity contribution < 1.29 is 24.3 Å². The summed E-state index contributed by atoms with van der Waals surface area (Å²) in [5, 5.41) is 21.2. The molecular formula is C30H40BNO5S. The van der Waals surface area contributed by atoms with Gasteiger partial charge >= 0.3 is 13.1 Å². The van der Waals surface area contributed by atoms with Crippen LogP contribution in [0.2, 0.25) is 0 Å². The van der Waals surface area contributed by atoms with Crippen LogP contribution in [-0.4, -0.2) is 43.8 Å². The first-order valence-corrected chi connectivity index (χ1v) is 13.9. The third-order valence-electron chi connectivity index (χ3n) is 7.55. The molecule has 1 aliphatic rings. The standard InChI is InChI=1S/C30H40BNO5S/c1-27(2,3)38-25-22-16-21(33)14-15-23(22)32(24(25)17-28(4,5)26(34)35)18-19-10-12-20(13-11-19)31-36-29(6,7)30(8,9)37-31/h10-16,33H,17-18H2,1-9H3,(H,34,35). The molecule has 0 amide bonds. The largest absolute Gasteiger partial charge is 0.508 e. The lowest BCUT2D eigenvalue weighted by atomic mass is 9.79. The Morgan fingerprint density at radius 1 is 0.974 bits per heavy atom. The van der Waals surface area contributed by atoms with Crippen molar-refractivity contribution in [3.63, 3.8) is 0 Å². The fourth-order valence-electron chi connectivity index (χ4n) is 4.58. The molecule has 0 spiro atoms. The van der Waals surface area contributed by atoms with E-state index in [1.165, 1.54) is 0 Å². The van der Waals surface area contributed by atoms with Crippen molar-refractivity contribution in [2.24, 2.45) is 5.41 Å². The highest BCUT2D eigenvalue weighted by atomic mass is 32.2. The van der Waals surface area contributed by atoms with Gasteiger partial charge in [-0.2, -0.15) is 0 Å². The Kier molecular flexibility index (Phi) is 7.26. The molecule has 2 aromatic carbocycles. The predicted octanol–water partition coefficient (Wildman–Crippen LogP) is 6.24. The molecule has 1 saturated heterocycles. The Bertz CT molecular complexity index is 1340. The minimum atomic E-state index is -0.956. The highest BCUT2D eigenvalue weighted by molar-refractivity contribution is 8.00. The summed E-state index contributed by atoms with van der Waals surface area (Å²) in [7, 11) is -0.425. The van der Waals surface area contributed by atoms with Crippen LogP contribution in [0.25, 0.3) is 10.9 Å². The summed E-state index contributed by atoms with van der Waals surface area (Å²) in [5.74, 6) is -0.642. The van der Waals surface area contributed by atoms with Gasteiger partial charge in [0, 0.05) is 39.2 Å². The number of rotatable bonds is 7. The van der Waals surface area contributed by atoms with Crippen molar-refractivity contribution in [2.75, 3.05) is 0 Å². The average Bonchev–Trinajstić information content (AvgIpc) is 3.16. The molecule has 4 rings (SSSR count). The van der Waals surface area contributed by atoms with Crippen molar-refractivity contribution in [3.8, 4) is 5.75 Å². The highest BCUT2D eigenvalue weighted by Gasteiger charge is 2.51. The van der Waals surface area contributed by atoms with Gasteiger partial charge in [-0.25, -0.2) is 0 Å². The molecule has 3 aromatic rings. The second-order valence-corrected chi connectivity index (χ2v) is 14.8. The van der Waals surface area contributed by atoms with E-state index in [0.717, 1.165) is 32.5 Å². The molecule has 2 N–H and O–H groups in total. The van der Waals surface area contributed by atoms with E-state index < -0.39 is 29.7 Å². The minimum Gasteiger partial charge on any atom is -0.508 e. The van der Waals surface area contributed by atoms with Crippen LogP contribution in [0.5, 0.6) is 5.75 Å². The zero-order valence-corrected chi connectivity index (χ0v) is 24.8. The normalized spacial score (nSPS) is 17.3. The molecule has 8 heteroatoms. The van der Waals surface area contributed by atoms with E-state index in [-0.39, 0.29) is 10.5 Å². The third-order valence-corrected chi connectivity index (χ3v) is 8.82. The topological polar surface area (TPSA) is 80.9 Å². The Balaban J connectivity index is 1.76. The van der Waals surface area contributed by atoms with Crippen LogP contribution in [0.4, 0.5) is 0 Å². The molecule has 204 valence electrons. The first kappa shape index (κ1) is 28.6. The Labute approximate surface area is 230 Å². The molecule has 2 heterocycles. The van der Waals surface area contributed by atoms with Gasteiger partial charge in [0.1, 0.15) is 5.75 Å². The van der Waals surface area contributed by atoms with Gasteiger partial charge in [-0.15, -0.1) is 11.8 Å². The number of carboxylic acid groups (broad SMARTS) is 1. The minimum absolute atomic E-state index is 0.100. The van der Waals surface area contributed by atoms with Gasteiger partial charge in [-0.1, -0.05) is 45.0 Å². The van der Waals surface area contributed by atoms with Crippen LogP contribution >= 0.6 is 11.8 Å². The van der Waals surface area contributed by atoms with Crippen LogP contribution in [0.15, 0.2) is 47.4 Å². The maximum Gasteiger partial charge on any atom is 0.494 e. The number of carboxylic acids is 1. The summed E-state index contributed by atoms with van der Waals surface area (Å²) in [6.45, 7) is 18.7. The lowest BCUT2D eigenvalue weighted by molar-refractivity contribution is -0.146. The maximum absolute atomic E-state index is 12.1. The predicted molar refractivity (Wildman–Crippen MR) is 156 cm³/mol. The molecule has 0 bridgehead atoms. The van der Waals surface area contributed by atoms with Crippen LogP contribution in [0.1, 0.15) is 73.6 Å². The van der Waals surface area contributed by atoms with Gasteiger partial charge in [0.15, 0.2) is 0 Å². The van der Waals surface area contributed by atoms with Crippen molar-refractivity contribution in [2.45, 2.75) is 96.1 Å². The molecule has 0 unspecified atom stereocenters. The first-order valence-electron chi connectivity index (χ1n) is 13.1. The van der Waals surface area contributed by atoms with E-state index >= 15 is 0 Å². The number of carbonyl (C=O) groups is 1. The first-order chi connectivity index (χ1) is 17.4. The second kappa shape index (κ2) is 9.65. The van der Waals surface area contributed by atoms with Crippen LogP contribution in [0.3, 0.4) is 0 Å². The van der Waals surface area contributed by atoms with Crippen molar-refractivity contribution in [1.82, 2.24) is 4.57 Å². The maximum atomic E-state index is 12.1. The van der Waals surface area contributed by atoms with Crippen LogP contribution in [0, 0.1) is 5.41 Å². The molecule has 0 saturated carbocycles. The van der Waals surface area contributed by atoms with Crippen molar-refractivity contribution in [1.29, 1.82) is 0 Å². The Hall–Kier alpha value is -2.42. The molecule has 0 aliphatic carbocycles. The number of benzene rings is 2. The van der Waals surface area contributed by atoms with Gasteiger partial charge < -0.3 is 24.1 Å². The smallest absolute Gasteiger partial charge is 0.494 e. The lowest BCUT2D eigenvalue weighted by Gasteiger charge is -2.32.